The number of hydrogen-bond acceptors (Lipinski definition) is 3. The van der Waals surface area contributed by atoms with E-state index < -0.39 is 0 Å². The first kappa shape index (κ1) is 29.4. The van der Waals surface area contributed by atoms with Gasteiger partial charge in [0, 0.05) is 25.1 Å². The summed E-state index contributed by atoms with van der Waals surface area (Å²) in [7, 11) is 0. The minimum absolute atomic E-state index is 0.0187. The van der Waals surface area contributed by atoms with Gasteiger partial charge in [0.25, 0.3) is 5.91 Å². The number of fused-ring (bicyclic) bond motifs is 1. The molecular formula is C35H45N3O2. The van der Waals surface area contributed by atoms with E-state index in [-0.39, 0.29) is 11.3 Å². The number of carbonyl (C=O) groups is 1. The number of rotatable bonds is 13. The molecule has 0 atom stereocenters. The van der Waals surface area contributed by atoms with Crippen molar-refractivity contribution in [3.8, 4) is 5.75 Å². The Morgan fingerprint density at radius 1 is 0.900 bits per heavy atom. The Morgan fingerprint density at radius 3 is 2.42 bits per heavy atom. The Hall–Kier alpha value is -3.60. The van der Waals surface area contributed by atoms with Crippen LogP contribution in [0.2, 0.25) is 0 Å². The third kappa shape index (κ3) is 7.97. The zero-order valence-electron chi connectivity index (χ0n) is 24.9. The fourth-order valence-electron chi connectivity index (χ4n) is 5.13. The molecule has 0 unspecified atom stereocenters. The van der Waals surface area contributed by atoms with Crippen molar-refractivity contribution in [3.63, 3.8) is 0 Å². The van der Waals surface area contributed by atoms with E-state index in [1.165, 1.54) is 16.6 Å². The molecule has 0 saturated carbocycles. The summed E-state index contributed by atoms with van der Waals surface area (Å²) in [5.74, 6) is 2.11. The number of para-hydroxylation sites is 2. The van der Waals surface area contributed by atoms with Gasteiger partial charge in [-0.15, -0.1) is 0 Å². The highest BCUT2D eigenvalue weighted by Crippen LogP contribution is 2.24. The topological polar surface area (TPSA) is 56.2 Å². The first-order chi connectivity index (χ1) is 19.2. The molecule has 212 valence electrons. The first-order valence-electron chi connectivity index (χ1n) is 14.8. The maximum Gasteiger partial charge on any atom is 0.251 e. The van der Waals surface area contributed by atoms with Crippen LogP contribution in [-0.2, 0) is 18.4 Å². The maximum atomic E-state index is 12.5. The van der Waals surface area contributed by atoms with E-state index in [9.17, 15) is 4.79 Å². The molecule has 4 rings (SSSR count). The van der Waals surface area contributed by atoms with Crippen LogP contribution in [0.25, 0.3) is 11.0 Å². The van der Waals surface area contributed by atoms with Crippen LogP contribution in [0.15, 0.2) is 66.7 Å². The number of nitrogens with zero attached hydrogens (tertiary/aromatic N) is 2. The number of imidazole rings is 1. The first-order valence-corrected chi connectivity index (χ1v) is 14.8. The monoisotopic (exact) mass is 539 g/mol. The fourth-order valence-corrected chi connectivity index (χ4v) is 5.13. The summed E-state index contributed by atoms with van der Waals surface area (Å²) in [5, 5.41) is 3.08. The standard InChI is InChI=1S/C35H45N3O2/c1-26-16-21-30(27(2)25-26)34(39)36-22-10-6-7-15-33-37-31-13-8-9-14-32(31)38(33)23-11-12-24-40-29-19-17-28(18-20-29)35(3,4)5/h8-9,13-14,16-21,25H,6-7,10-12,15,22-24H2,1-5H3,(H,36,39). The number of benzene rings is 3. The summed E-state index contributed by atoms with van der Waals surface area (Å²) in [4.78, 5) is 17.5. The minimum atomic E-state index is 0.0187. The molecule has 4 aromatic rings. The molecule has 0 aliphatic rings. The molecule has 0 spiro atoms. The molecule has 0 aliphatic heterocycles. The van der Waals surface area contributed by atoms with Gasteiger partial charge < -0.3 is 14.6 Å². The second-order valence-electron chi connectivity index (χ2n) is 11.9. The van der Waals surface area contributed by atoms with Crippen LogP contribution in [-0.4, -0.2) is 28.6 Å². The molecule has 1 amide bonds. The second kappa shape index (κ2) is 13.6. The summed E-state index contributed by atoms with van der Waals surface area (Å²) < 4.78 is 8.40. The SMILES string of the molecule is Cc1ccc(C(=O)NCCCCCc2nc3ccccc3n2CCCCOc2ccc(C(C)(C)C)cc2)c(C)c1. The van der Waals surface area contributed by atoms with Crippen molar-refractivity contribution < 1.29 is 9.53 Å². The van der Waals surface area contributed by atoms with Gasteiger partial charge >= 0.3 is 0 Å². The molecule has 0 aliphatic carbocycles. The Morgan fingerprint density at radius 2 is 1.68 bits per heavy atom. The van der Waals surface area contributed by atoms with E-state index in [0.29, 0.717) is 13.2 Å². The molecule has 0 fully saturated rings. The Kier molecular flexibility index (Phi) is 10.0. The lowest BCUT2D eigenvalue weighted by molar-refractivity contribution is 0.0952. The molecule has 1 N–H and O–H groups in total. The van der Waals surface area contributed by atoms with Crippen LogP contribution in [0.3, 0.4) is 0 Å². The lowest BCUT2D eigenvalue weighted by Crippen LogP contribution is -2.25. The number of amides is 1. The highest BCUT2D eigenvalue weighted by atomic mass is 16.5. The van der Waals surface area contributed by atoms with E-state index >= 15 is 0 Å². The Bertz CT molecular complexity index is 1400. The lowest BCUT2D eigenvalue weighted by atomic mass is 9.87. The van der Waals surface area contributed by atoms with Crippen LogP contribution >= 0.6 is 0 Å². The molecule has 0 radical (unpaired) electrons. The van der Waals surface area contributed by atoms with Crippen molar-refractivity contribution in [1.82, 2.24) is 14.9 Å². The average Bonchev–Trinajstić information content (AvgIpc) is 3.27. The third-order valence-electron chi connectivity index (χ3n) is 7.49. The predicted molar refractivity (Wildman–Crippen MR) is 165 cm³/mol. The van der Waals surface area contributed by atoms with Gasteiger partial charge in [0.15, 0.2) is 0 Å². The quantitative estimate of drug-likeness (QED) is 0.175. The van der Waals surface area contributed by atoms with Gasteiger partial charge in [0.2, 0.25) is 0 Å². The zero-order valence-corrected chi connectivity index (χ0v) is 24.9. The van der Waals surface area contributed by atoms with Gasteiger partial charge in [0.1, 0.15) is 11.6 Å². The Labute approximate surface area is 240 Å². The van der Waals surface area contributed by atoms with E-state index in [2.05, 4.69) is 85.3 Å². The van der Waals surface area contributed by atoms with Crippen molar-refractivity contribution >= 4 is 16.9 Å². The summed E-state index contributed by atoms with van der Waals surface area (Å²) in [6, 6.07) is 22.9. The number of carbonyl (C=O) groups excluding carboxylic acids is 1. The normalized spacial score (nSPS) is 11.6. The smallest absolute Gasteiger partial charge is 0.251 e. The number of nitrogens with one attached hydrogen (secondary N) is 1. The summed E-state index contributed by atoms with van der Waals surface area (Å²) >= 11 is 0. The van der Waals surface area contributed by atoms with Crippen molar-refractivity contribution in [2.24, 2.45) is 0 Å². The largest absolute Gasteiger partial charge is 0.494 e. The van der Waals surface area contributed by atoms with Crippen molar-refractivity contribution in [2.75, 3.05) is 13.2 Å². The van der Waals surface area contributed by atoms with Crippen LogP contribution in [0.5, 0.6) is 5.75 Å². The van der Waals surface area contributed by atoms with Gasteiger partial charge in [-0.2, -0.15) is 0 Å². The minimum Gasteiger partial charge on any atom is -0.494 e. The average molecular weight is 540 g/mol. The molecule has 1 heterocycles. The number of hydrogen-bond donors (Lipinski definition) is 1. The molecule has 5 nitrogen and oxygen atoms in total. The van der Waals surface area contributed by atoms with E-state index in [4.69, 9.17) is 9.72 Å². The van der Waals surface area contributed by atoms with Crippen LogP contribution < -0.4 is 10.1 Å². The Balaban J connectivity index is 1.21. The van der Waals surface area contributed by atoms with Crippen LogP contribution in [0.4, 0.5) is 0 Å². The lowest BCUT2D eigenvalue weighted by Gasteiger charge is -2.19. The predicted octanol–water partition coefficient (Wildman–Crippen LogP) is 7.95. The molecule has 5 heteroatoms. The molecule has 1 aromatic heterocycles. The van der Waals surface area contributed by atoms with Crippen LogP contribution in [0.1, 0.15) is 85.7 Å². The van der Waals surface area contributed by atoms with E-state index in [0.717, 1.165) is 73.3 Å². The molecule has 0 bridgehead atoms. The third-order valence-corrected chi connectivity index (χ3v) is 7.49. The number of aromatic nitrogens is 2. The van der Waals surface area contributed by atoms with Crippen molar-refractivity contribution in [1.29, 1.82) is 0 Å². The summed E-state index contributed by atoms with van der Waals surface area (Å²) in [6.07, 6.45) is 6.04. The number of ether oxygens (including phenoxy) is 1. The molecule has 3 aromatic carbocycles. The van der Waals surface area contributed by atoms with Gasteiger partial charge in [-0.1, -0.05) is 69.2 Å². The van der Waals surface area contributed by atoms with Crippen molar-refractivity contribution in [2.45, 2.75) is 85.1 Å². The van der Waals surface area contributed by atoms with Crippen LogP contribution in [0, 0.1) is 13.8 Å². The van der Waals surface area contributed by atoms with E-state index in [1.807, 2.05) is 26.0 Å². The summed E-state index contributed by atoms with van der Waals surface area (Å²) in [6.45, 7) is 13.1. The fraction of sp³-hybridized carbons (Fsp3) is 0.429. The number of unbranched alkanes of at least 4 members (excludes halogenated alkanes) is 3. The van der Waals surface area contributed by atoms with E-state index in [1.54, 1.807) is 0 Å². The summed E-state index contributed by atoms with van der Waals surface area (Å²) in [5.41, 5.74) is 6.71. The van der Waals surface area contributed by atoms with Gasteiger partial charge in [-0.25, -0.2) is 4.98 Å². The molecular weight excluding hydrogens is 494 g/mol. The van der Waals surface area contributed by atoms with Gasteiger partial charge in [-0.05, 0) is 86.4 Å². The van der Waals surface area contributed by atoms with Crippen molar-refractivity contribution in [3.05, 3.63) is 94.8 Å². The number of aryl methyl sites for hydroxylation is 4. The highest BCUT2D eigenvalue weighted by molar-refractivity contribution is 5.95. The second-order valence-corrected chi connectivity index (χ2v) is 11.9. The maximum absolute atomic E-state index is 12.5. The molecule has 40 heavy (non-hydrogen) atoms. The van der Waals surface area contributed by atoms with Gasteiger partial charge in [-0.3, -0.25) is 4.79 Å². The zero-order chi connectivity index (χ0) is 28.5. The molecule has 0 saturated heterocycles. The highest BCUT2D eigenvalue weighted by Gasteiger charge is 2.13. The van der Waals surface area contributed by atoms with Gasteiger partial charge in [0.05, 0.1) is 17.6 Å².